The summed E-state index contributed by atoms with van der Waals surface area (Å²) in [5.74, 6) is -0.964. The molecule has 0 bridgehead atoms. The average molecular weight is 929 g/mol. The van der Waals surface area contributed by atoms with Crippen LogP contribution in [0, 0.1) is 11.8 Å². The summed E-state index contributed by atoms with van der Waals surface area (Å²) in [6.07, 6.45) is -10.1. The van der Waals surface area contributed by atoms with E-state index in [4.69, 9.17) is 14.2 Å². The van der Waals surface area contributed by atoms with Crippen LogP contribution in [0.15, 0.2) is 79.1 Å². The highest BCUT2D eigenvalue weighted by atomic mass is 32.2. The third-order valence-corrected chi connectivity index (χ3v) is 11.6. The molecule has 64 heavy (non-hydrogen) atoms. The predicted octanol–water partition coefficient (Wildman–Crippen LogP) is 11.5. The predicted molar refractivity (Wildman–Crippen MR) is 224 cm³/mol. The van der Waals surface area contributed by atoms with Crippen LogP contribution in [0.5, 0.6) is 5.75 Å². The molecule has 1 heterocycles. The van der Waals surface area contributed by atoms with Crippen molar-refractivity contribution in [3.63, 3.8) is 0 Å². The van der Waals surface area contributed by atoms with E-state index in [1.807, 2.05) is 6.26 Å². The number of hydrogen-bond acceptors (Lipinski definition) is 10. The number of halogens is 9. The first-order valence-electron chi connectivity index (χ1n) is 20.6. The molecule has 1 fully saturated rings. The number of alkyl halides is 9. The fraction of sp³-hybridized carbons (Fsp3) is 0.467. The van der Waals surface area contributed by atoms with E-state index in [-0.39, 0.29) is 73.6 Å². The molecule has 0 aliphatic heterocycles. The SMILES string of the molecule is CCOC(=O)C[C@H]1CC[C@H](CN(CC)c2ccc(C(F)(F)F)cc2CN(c2ncc(OCCSC)cn2)[C@@H](C)c2cc(C(F)(F)F)cc(C(F)(F)F)c2)[C@H](OC(=O)c2ccccc2)C1. The van der Waals surface area contributed by atoms with Crippen LogP contribution in [0.1, 0.15) is 90.7 Å². The molecule has 0 amide bonds. The zero-order valence-electron chi connectivity index (χ0n) is 35.5. The lowest BCUT2D eigenvalue weighted by Crippen LogP contribution is -2.42. The Hall–Kier alpha value is -5.20. The summed E-state index contributed by atoms with van der Waals surface area (Å²) in [6.45, 7) is 5.09. The van der Waals surface area contributed by atoms with Crippen molar-refractivity contribution in [1.29, 1.82) is 0 Å². The number of aromatic nitrogens is 2. The molecule has 1 aliphatic rings. The maximum Gasteiger partial charge on any atom is 0.416 e. The number of carbonyl (C=O) groups is 2. The highest BCUT2D eigenvalue weighted by Crippen LogP contribution is 2.41. The molecule has 4 atom stereocenters. The van der Waals surface area contributed by atoms with E-state index >= 15 is 0 Å². The smallest absolute Gasteiger partial charge is 0.416 e. The van der Waals surface area contributed by atoms with E-state index in [1.165, 1.54) is 42.0 Å². The second-order valence-corrected chi connectivity index (χ2v) is 16.3. The van der Waals surface area contributed by atoms with Crippen molar-refractivity contribution >= 4 is 35.3 Å². The molecular formula is C45H49F9N4O5S. The first-order valence-corrected chi connectivity index (χ1v) is 22.0. The van der Waals surface area contributed by atoms with Gasteiger partial charge in [0.15, 0.2) is 5.75 Å². The van der Waals surface area contributed by atoms with E-state index in [2.05, 4.69) is 9.97 Å². The molecule has 5 rings (SSSR count). The van der Waals surface area contributed by atoms with Crippen LogP contribution < -0.4 is 14.5 Å². The largest absolute Gasteiger partial charge is 0.489 e. The van der Waals surface area contributed by atoms with E-state index in [0.29, 0.717) is 42.7 Å². The van der Waals surface area contributed by atoms with E-state index < -0.39 is 71.4 Å². The van der Waals surface area contributed by atoms with Gasteiger partial charge >= 0.3 is 30.5 Å². The van der Waals surface area contributed by atoms with Crippen molar-refractivity contribution in [1.82, 2.24) is 9.97 Å². The zero-order valence-corrected chi connectivity index (χ0v) is 36.3. The van der Waals surface area contributed by atoms with Gasteiger partial charge in [-0.3, -0.25) is 4.79 Å². The van der Waals surface area contributed by atoms with Crippen molar-refractivity contribution in [2.45, 2.75) is 83.7 Å². The molecule has 1 aromatic heterocycles. The van der Waals surface area contributed by atoms with Gasteiger partial charge in [0.05, 0.1) is 53.9 Å². The Morgan fingerprint density at radius 2 is 1.48 bits per heavy atom. The van der Waals surface area contributed by atoms with Crippen LogP contribution in [-0.2, 0) is 39.3 Å². The van der Waals surface area contributed by atoms with Crippen LogP contribution in [0.3, 0.4) is 0 Å². The molecule has 0 N–H and O–H groups in total. The number of esters is 2. The van der Waals surface area contributed by atoms with Crippen LogP contribution in [-0.4, -0.2) is 66.3 Å². The summed E-state index contributed by atoms with van der Waals surface area (Å²) in [4.78, 5) is 37.5. The molecular weight excluding hydrogens is 880 g/mol. The van der Waals surface area contributed by atoms with Crippen molar-refractivity contribution < 1.29 is 63.3 Å². The summed E-state index contributed by atoms with van der Waals surface area (Å²) >= 11 is 1.50. The molecule has 1 saturated carbocycles. The molecule has 19 heteroatoms. The first kappa shape index (κ1) is 49.8. The van der Waals surface area contributed by atoms with Crippen LogP contribution >= 0.6 is 11.8 Å². The van der Waals surface area contributed by atoms with Gasteiger partial charge in [0.1, 0.15) is 6.10 Å². The van der Waals surface area contributed by atoms with Crippen LogP contribution in [0.25, 0.3) is 0 Å². The topological polar surface area (TPSA) is 94.1 Å². The Kier molecular flexibility index (Phi) is 16.9. The number of rotatable bonds is 18. The molecule has 1 aliphatic carbocycles. The second-order valence-electron chi connectivity index (χ2n) is 15.3. The normalized spacial score (nSPS) is 17.4. The van der Waals surface area contributed by atoms with Gasteiger partial charge < -0.3 is 24.0 Å². The monoisotopic (exact) mass is 928 g/mol. The van der Waals surface area contributed by atoms with Gasteiger partial charge in [-0.05, 0) is 112 Å². The number of benzene rings is 3. The zero-order chi connectivity index (χ0) is 46.8. The number of ether oxygens (including phenoxy) is 3. The molecule has 0 saturated heterocycles. The maximum absolute atomic E-state index is 14.4. The average Bonchev–Trinajstić information content (AvgIpc) is 3.25. The quantitative estimate of drug-likeness (QED) is 0.0545. The number of thioether (sulfide) groups is 1. The number of carbonyl (C=O) groups excluding carboxylic acids is 2. The van der Waals surface area contributed by atoms with Crippen LogP contribution in [0.2, 0.25) is 0 Å². The Morgan fingerprint density at radius 1 is 0.844 bits per heavy atom. The van der Waals surface area contributed by atoms with Crippen LogP contribution in [0.4, 0.5) is 51.1 Å². The van der Waals surface area contributed by atoms with Gasteiger partial charge in [-0.1, -0.05) is 18.2 Å². The Morgan fingerprint density at radius 3 is 2.06 bits per heavy atom. The van der Waals surface area contributed by atoms with Crippen molar-refractivity contribution in [2.24, 2.45) is 11.8 Å². The molecule has 9 nitrogen and oxygen atoms in total. The maximum atomic E-state index is 14.4. The van der Waals surface area contributed by atoms with Gasteiger partial charge in [-0.25, -0.2) is 14.8 Å². The van der Waals surface area contributed by atoms with Gasteiger partial charge in [0, 0.05) is 43.4 Å². The number of nitrogens with zero attached hydrogens (tertiary/aromatic N) is 4. The lowest BCUT2D eigenvalue weighted by Gasteiger charge is -2.39. The standard InChI is InChI=1S/C45H49F9N4O5S/c1-5-57(26-31-13-12-29(19-40(59)61-6-2)18-39(31)63-41(60)30-10-8-7-9-11-30)38-15-14-34(43(46,47)48)22-33(38)27-58(42-55-24-37(25-56-42)62-16-17-64-4)28(3)32-20-35(44(49,50)51)23-36(21-32)45(52,53)54/h7-11,14-15,20-25,28-29,31,39H,5-6,12-13,16-19,26-27H2,1-4H3/t28-,29-,31+,39+/m0/s1. The van der Waals surface area contributed by atoms with Crippen molar-refractivity contribution in [2.75, 3.05) is 48.1 Å². The minimum absolute atomic E-state index is 0.00345. The number of hydrogen-bond donors (Lipinski definition) is 0. The Bertz CT molecular complexity index is 2130. The van der Waals surface area contributed by atoms with E-state index in [9.17, 15) is 49.1 Å². The highest BCUT2D eigenvalue weighted by Gasteiger charge is 2.40. The van der Waals surface area contributed by atoms with E-state index in [1.54, 1.807) is 49.1 Å². The summed E-state index contributed by atoms with van der Waals surface area (Å²) in [6, 6.07) is 11.1. The summed E-state index contributed by atoms with van der Waals surface area (Å²) in [5, 5.41) is 0. The van der Waals surface area contributed by atoms with Crippen molar-refractivity contribution in [3.8, 4) is 5.75 Å². The van der Waals surface area contributed by atoms with Gasteiger partial charge in [0.2, 0.25) is 5.95 Å². The summed E-state index contributed by atoms with van der Waals surface area (Å²) in [7, 11) is 0. The van der Waals surface area contributed by atoms with Gasteiger partial charge in [0.25, 0.3) is 0 Å². The lowest BCUT2D eigenvalue weighted by atomic mass is 9.78. The minimum atomic E-state index is -5.17. The molecule has 3 aromatic carbocycles. The minimum Gasteiger partial charge on any atom is -0.489 e. The molecule has 0 unspecified atom stereocenters. The number of anilines is 2. The fourth-order valence-corrected chi connectivity index (χ4v) is 7.92. The second kappa shape index (κ2) is 21.7. The Labute approximate surface area is 369 Å². The Balaban J connectivity index is 1.58. The van der Waals surface area contributed by atoms with E-state index in [0.717, 1.165) is 12.1 Å². The lowest BCUT2D eigenvalue weighted by molar-refractivity contribution is -0.145. The molecule has 0 radical (unpaired) electrons. The summed E-state index contributed by atoms with van der Waals surface area (Å²) in [5.41, 5.74) is -4.07. The summed E-state index contributed by atoms with van der Waals surface area (Å²) < 4.78 is 145. The molecule has 4 aromatic rings. The molecule has 0 spiro atoms. The van der Waals surface area contributed by atoms with Gasteiger partial charge in [-0.2, -0.15) is 51.3 Å². The third kappa shape index (κ3) is 13.4. The molecule has 348 valence electrons. The van der Waals surface area contributed by atoms with Gasteiger partial charge in [-0.15, -0.1) is 0 Å². The first-order chi connectivity index (χ1) is 30.2. The fourth-order valence-electron chi connectivity index (χ4n) is 7.67. The highest BCUT2D eigenvalue weighted by molar-refractivity contribution is 7.98. The van der Waals surface area contributed by atoms with Crippen molar-refractivity contribution in [3.05, 3.63) is 113 Å². The third-order valence-electron chi connectivity index (χ3n) is 11.0.